The summed E-state index contributed by atoms with van der Waals surface area (Å²) in [5.74, 6) is 0.128. The number of fused-ring (bicyclic) bond motifs is 1. The van der Waals surface area contributed by atoms with E-state index in [-0.39, 0.29) is 36.4 Å². The lowest BCUT2D eigenvalue weighted by Gasteiger charge is -2.20. The molecule has 0 saturated heterocycles. The van der Waals surface area contributed by atoms with Gasteiger partial charge in [0, 0.05) is 7.05 Å². The van der Waals surface area contributed by atoms with Crippen LogP contribution in [0.4, 0.5) is 5.69 Å². The van der Waals surface area contributed by atoms with Crippen molar-refractivity contribution in [2.45, 2.75) is 14.7 Å². The summed E-state index contributed by atoms with van der Waals surface area (Å²) in [5, 5.41) is 2.96. The molecule has 0 aliphatic carbocycles. The second kappa shape index (κ2) is 6.82. The number of nitrogens with one attached hydrogen (secondary N) is 2. The number of sulfonamides is 1. The number of rotatable bonds is 3. The van der Waals surface area contributed by atoms with Gasteiger partial charge in [0.2, 0.25) is 16.0 Å². The molecule has 3 rings (SSSR count). The molecule has 2 aromatic rings. The van der Waals surface area contributed by atoms with E-state index < -0.39 is 19.8 Å². The fourth-order valence-corrected chi connectivity index (χ4v) is 6.26. The number of aliphatic imine (C=N–C) groups is 1. The average Bonchev–Trinajstić information content (AvgIpc) is 2.61. The average molecular weight is 433 g/mol. The molecule has 7 nitrogen and oxygen atoms in total. The third kappa shape index (κ3) is 3.10. The molecule has 0 fully saturated rings. The lowest BCUT2D eigenvalue weighted by Crippen LogP contribution is -2.23. The predicted molar refractivity (Wildman–Crippen MR) is 102 cm³/mol. The molecule has 0 aromatic heterocycles. The van der Waals surface area contributed by atoms with Gasteiger partial charge < -0.3 is 5.32 Å². The Morgan fingerprint density at radius 2 is 1.73 bits per heavy atom. The number of benzene rings is 2. The normalized spacial score (nSPS) is 19.3. The monoisotopic (exact) mass is 432 g/mol. The lowest BCUT2D eigenvalue weighted by atomic mass is 10.3. The topological polar surface area (TPSA) is 100.0 Å². The predicted octanol–water partition coefficient (Wildman–Crippen LogP) is 3.01. The van der Waals surface area contributed by atoms with Crippen LogP contribution in [-0.2, 0) is 19.8 Å². The van der Waals surface area contributed by atoms with Gasteiger partial charge in [0.15, 0.2) is 0 Å². The number of guanidine groups is 1. The Kier molecular flexibility index (Phi) is 5.02. The summed E-state index contributed by atoms with van der Waals surface area (Å²) in [6, 6.07) is 9.12. The van der Waals surface area contributed by atoms with E-state index in [2.05, 4.69) is 19.4 Å². The SMILES string of the molecule is CNC1=Nc2cc(Cl)c(S(=O)(=O)NC)cc2S(=O)(c2ccccc2Cl)=N1. The highest BCUT2D eigenvalue weighted by Gasteiger charge is 2.30. The highest BCUT2D eigenvalue weighted by atomic mass is 35.5. The van der Waals surface area contributed by atoms with E-state index >= 15 is 0 Å². The van der Waals surface area contributed by atoms with Crippen molar-refractivity contribution in [3.05, 3.63) is 46.4 Å². The third-order valence-electron chi connectivity index (χ3n) is 3.67. The maximum atomic E-state index is 13.9. The van der Waals surface area contributed by atoms with Gasteiger partial charge in [-0.25, -0.2) is 22.3 Å². The van der Waals surface area contributed by atoms with Gasteiger partial charge in [-0.2, -0.15) is 4.36 Å². The molecular weight excluding hydrogens is 419 g/mol. The first-order valence-electron chi connectivity index (χ1n) is 7.28. The van der Waals surface area contributed by atoms with E-state index in [1.54, 1.807) is 31.3 Å². The molecule has 1 heterocycles. The largest absolute Gasteiger partial charge is 0.357 e. The van der Waals surface area contributed by atoms with E-state index in [9.17, 15) is 12.6 Å². The van der Waals surface area contributed by atoms with Crippen molar-refractivity contribution >= 4 is 54.6 Å². The number of halogens is 2. The minimum atomic E-state index is -3.87. The third-order valence-corrected chi connectivity index (χ3v) is 8.30. The molecular formula is C15H14Cl2N4O3S2. The second-order valence-electron chi connectivity index (χ2n) is 5.19. The van der Waals surface area contributed by atoms with Crippen LogP contribution in [0.1, 0.15) is 0 Å². The molecule has 11 heteroatoms. The van der Waals surface area contributed by atoms with E-state index in [1.165, 1.54) is 19.2 Å². The first kappa shape index (κ1) is 19.1. The molecule has 0 saturated carbocycles. The number of hydrogen-bond donors (Lipinski definition) is 2. The zero-order valence-corrected chi connectivity index (χ0v) is 16.8. The maximum absolute atomic E-state index is 13.9. The molecule has 0 radical (unpaired) electrons. The Morgan fingerprint density at radius 1 is 1.04 bits per heavy atom. The molecule has 1 aliphatic heterocycles. The van der Waals surface area contributed by atoms with Crippen molar-refractivity contribution in [2.24, 2.45) is 9.36 Å². The molecule has 1 aliphatic rings. The summed E-state index contributed by atoms with van der Waals surface area (Å²) in [6.07, 6.45) is 0. The Bertz CT molecular complexity index is 1150. The van der Waals surface area contributed by atoms with Crippen LogP contribution >= 0.6 is 23.2 Å². The summed E-state index contributed by atoms with van der Waals surface area (Å²) >= 11 is 12.4. The van der Waals surface area contributed by atoms with Crippen LogP contribution in [0.2, 0.25) is 10.0 Å². The smallest absolute Gasteiger partial charge is 0.241 e. The van der Waals surface area contributed by atoms with Crippen molar-refractivity contribution in [3.63, 3.8) is 0 Å². The molecule has 2 aromatic carbocycles. The molecule has 26 heavy (non-hydrogen) atoms. The molecule has 0 amide bonds. The first-order chi connectivity index (χ1) is 12.2. The van der Waals surface area contributed by atoms with Crippen LogP contribution in [0.15, 0.2) is 60.4 Å². The van der Waals surface area contributed by atoms with Gasteiger partial charge >= 0.3 is 0 Å². The van der Waals surface area contributed by atoms with Gasteiger partial charge in [-0.3, -0.25) is 0 Å². The van der Waals surface area contributed by atoms with Crippen LogP contribution in [0.25, 0.3) is 0 Å². The second-order valence-corrected chi connectivity index (χ2v) is 9.97. The highest BCUT2D eigenvalue weighted by molar-refractivity contribution is 7.94. The summed E-state index contributed by atoms with van der Waals surface area (Å²) in [5.41, 5.74) is 0.259. The standard InChI is InChI=1S/C15H14Cl2N4O3S2/c1-18-15-20-11-7-10(17)13(26(23,24)19-2)8-14(11)25(22,21-15)12-6-4-3-5-9(12)16/h3-8,19H,1-2H3,(H,18,20,21,22). The minimum absolute atomic E-state index is 0.0416. The fraction of sp³-hybridized carbons (Fsp3) is 0.133. The van der Waals surface area contributed by atoms with Crippen LogP contribution in [-0.4, -0.2) is 32.7 Å². The molecule has 138 valence electrons. The lowest BCUT2D eigenvalue weighted by molar-refractivity contribution is 0.588. The molecule has 1 unspecified atom stereocenters. The molecule has 0 spiro atoms. The van der Waals surface area contributed by atoms with Crippen molar-refractivity contribution in [2.75, 3.05) is 14.1 Å². The van der Waals surface area contributed by atoms with Gasteiger partial charge in [-0.05, 0) is 31.3 Å². The summed E-state index contributed by atoms with van der Waals surface area (Å²) in [4.78, 5) is 4.42. The van der Waals surface area contributed by atoms with Gasteiger partial charge in [0.05, 0.1) is 25.5 Å². The van der Waals surface area contributed by atoms with Gasteiger partial charge in [-0.1, -0.05) is 35.3 Å². The quantitative estimate of drug-likeness (QED) is 0.777. The Balaban J connectivity index is 2.42. The summed E-state index contributed by atoms with van der Waals surface area (Å²) < 4.78 is 44.8. The molecule has 1 atom stereocenters. The van der Waals surface area contributed by atoms with Crippen molar-refractivity contribution in [1.29, 1.82) is 0 Å². The highest BCUT2D eigenvalue weighted by Crippen LogP contribution is 2.41. The Hall–Kier alpha value is -1.65. The maximum Gasteiger partial charge on any atom is 0.241 e. The van der Waals surface area contributed by atoms with Crippen LogP contribution in [0.5, 0.6) is 0 Å². The van der Waals surface area contributed by atoms with Crippen LogP contribution in [0, 0.1) is 0 Å². The van der Waals surface area contributed by atoms with E-state index in [0.717, 1.165) is 0 Å². The van der Waals surface area contributed by atoms with E-state index in [1.807, 2.05) is 0 Å². The van der Waals surface area contributed by atoms with Gasteiger partial charge in [-0.15, -0.1) is 0 Å². The van der Waals surface area contributed by atoms with E-state index in [4.69, 9.17) is 23.2 Å². The van der Waals surface area contributed by atoms with Crippen LogP contribution < -0.4 is 10.0 Å². The zero-order chi connectivity index (χ0) is 19.1. The van der Waals surface area contributed by atoms with Crippen molar-refractivity contribution in [1.82, 2.24) is 10.0 Å². The van der Waals surface area contributed by atoms with E-state index in [0.29, 0.717) is 0 Å². The number of nitrogens with zero attached hydrogens (tertiary/aromatic N) is 2. The zero-order valence-electron chi connectivity index (χ0n) is 13.7. The van der Waals surface area contributed by atoms with Crippen LogP contribution in [0.3, 0.4) is 0 Å². The minimum Gasteiger partial charge on any atom is -0.357 e. The first-order valence-corrected chi connectivity index (χ1v) is 11.0. The molecule has 2 N–H and O–H groups in total. The Labute approximate surface area is 161 Å². The van der Waals surface area contributed by atoms with Gasteiger partial charge in [0.1, 0.15) is 14.6 Å². The van der Waals surface area contributed by atoms with Crippen molar-refractivity contribution in [3.8, 4) is 0 Å². The number of hydrogen-bond acceptors (Lipinski definition) is 6. The van der Waals surface area contributed by atoms with Gasteiger partial charge in [0.25, 0.3) is 0 Å². The summed E-state index contributed by atoms with van der Waals surface area (Å²) in [6.45, 7) is 0. The molecule has 0 bridgehead atoms. The summed E-state index contributed by atoms with van der Waals surface area (Å²) in [7, 11) is -4.30. The van der Waals surface area contributed by atoms with Crippen molar-refractivity contribution < 1.29 is 12.6 Å². The fourth-order valence-electron chi connectivity index (χ4n) is 2.39. The Morgan fingerprint density at radius 3 is 2.35 bits per heavy atom.